The van der Waals surface area contributed by atoms with E-state index in [0.29, 0.717) is 12.0 Å². The van der Waals surface area contributed by atoms with Crippen LogP contribution in [0.1, 0.15) is 35.8 Å². The van der Waals surface area contributed by atoms with Crippen LogP contribution in [-0.2, 0) is 4.79 Å². The van der Waals surface area contributed by atoms with Crippen molar-refractivity contribution >= 4 is 12.4 Å². The average Bonchev–Trinajstić information content (AvgIpc) is 2.47. The Hall–Kier alpha value is -1.65. The predicted molar refractivity (Wildman–Crippen MR) is 45.4 cm³/mol. The van der Waals surface area contributed by atoms with Crippen LogP contribution in [-0.4, -0.2) is 27.3 Å². The number of aromatic nitrogens is 2. The molecule has 0 fully saturated rings. The topological polar surface area (TPSA) is 72.2 Å². The van der Waals surface area contributed by atoms with Gasteiger partial charge < -0.3 is 5.11 Å². The highest BCUT2D eigenvalue weighted by Gasteiger charge is 2.17. The van der Waals surface area contributed by atoms with E-state index >= 15 is 0 Å². The van der Waals surface area contributed by atoms with Crippen LogP contribution in [0.4, 0.5) is 0 Å². The summed E-state index contributed by atoms with van der Waals surface area (Å²) in [5.74, 6) is -1.07. The summed E-state index contributed by atoms with van der Waals surface area (Å²) in [4.78, 5) is 21.0. The van der Waals surface area contributed by atoms with Gasteiger partial charge in [0.25, 0.3) is 0 Å². The molecule has 0 radical (unpaired) electrons. The summed E-state index contributed by atoms with van der Waals surface area (Å²) in [6.07, 6.45) is 1.90. The summed E-state index contributed by atoms with van der Waals surface area (Å²) in [5.41, 5.74) is 0.515. The van der Waals surface area contributed by atoms with E-state index in [2.05, 4.69) is 5.10 Å². The highest BCUT2D eigenvalue weighted by Crippen LogP contribution is 2.17. The Labute approximate surface area is 75.0 Å². The summed E-state index contributed by atoms with van der Waals surface area (Å²) >= 11 is 0. The summed E-state index contributed by atoms with van der Waals surface area (Å²) in [5, 5.41) is 12.3. The lowest BCUT2D eigenvalue weighted by atomic mass is 10.0. The maximum Gasteiger partial charge on any atom is 0.356 e. The van der Waals surface area contributed by atoms with E-state index in [9.17, 15) is 9.59 Å². The molecule has 0 aromatic carbocycles. The minimum Gasteiger partial charge on any atom is -0.476 e. The van der Waals surface area contributed by atoms with Gasteiger partial charge in [0.05, 0.1) is 0 Å². The van der Waals surface area contributed by atoms with E-state index < -0.39 is 5.97 Å². The maximum absolute atomic E-state index is 10.7. The van der Waals surface area contributed by atoms with Gasteiger partial charge in [0.2, 0.25) is 6.41 Å². The molecule has 13 heavy (non-hydrogen) atoms. The smallest absolute Gasteiger partial charge is 0.356 e. The molecule has 1 aromatic heterocycles. The molecule has 0 spiro atoms. The quantitative estimate of drug-likeness (QED) is 0.700. The van der Waals surface area contributed by atoms with Crippen molar-refractivity contribution in [1.82, 2.24) is 9.78 Å². The van der Waals surface area contributed by atoms with Crippen LogP contribution in [0.3, 0.4) is 0 Å². The van der Waals surface area contributed by atoms with E-state index in [1.165, 1.54) is 6.20 Å². The van der Waals surface area contributed by atoms with Crippen LogP contribution in [0.5, 0.6) is 0 Å². The Bertz CT molecular complexity index is 341. The molecule has 0 unspecified atom stereocenters. The van der Waals surface area contributed by atoms with Gasteiger partial charge in [-0.05, 0) is 5.92 Å². The molecule has 0 bridgehead atoms. The molecule has 70 valence electrons. The van der Waals surface area contributed by atoms with Gasteiger partial charge in [-0.25, -0.2) is 9.48 Å². The second-order valence-corrected chi connectivity index (χ2v) is 2.98. The molecule has 0 atom stereocenters. The molecule has 1 N–H and O–H groups in total. The molecule has 0 amide bonds. The fraction of sp³-hybridized carbons (Fsp3) is 0.375. The summed E-state index contributed by atoms with van der Waals surface area (Å²) < 4.78 is 0.971. The largest absolute Gasteiger partial charge is 0.476 e. The molecule has 0 saturated carbocycles. The third-order valence-electron chi connectivity index (χ3n) is 1.69. The molecule has 5 nitrogen and oxygen atoms in total. The van der Waals surface area contributed by atoms with Gasteiger partial charge in [0.1, 0.15) is 0 Å². The van der Waals surface area contributed by atoms with E-state index in [-0.39, 0.29) is 11.6 Å². The SMILES string of the molecule is CC(C)c1cn(C=O)nc1C(=O)O. The minimum atomic E-state index is -1.11. The Kier molecular flexibility index (Phi) is 2.46. The monoisotopic (exact) mass is 182 g/mol. The fourth-order valence-electron chi connectivity index (χ4n) is 1.05. The molecule has 0 aliphatic heterocycles. The number of rotatable bonds is 3. The Morgan fingerprint density at radius 2 is 2.31 bits per heavy atom. The number of aromatic carboxylic acids is 1. The number of carboxylic acid groups (broad SMARTS) is 1. The summed E-state index contributed by atoms with van der Waals surface area (Å²) in [6, 6.07) is 0. The summed E-state index contributed by atoms with van der Waals surface area (Å²) in [6.45, 7) is 3.69. The van der Waals surface area contributed by atoms with Gasteiger partial charge in [-0.1, -0.05) is 13.8 Å². The van der Waals surface area contributed by atoms with Gasteiger partial charge in [-0.3, -0.25) is 4.79 Å². The third-order valence-corrected chi connectivity index (χ3v) is 1.69. The molecule has 1 heterocycles. The Morgan fingerprint density at radius 3 is 2.62 bits per heavy atom. The van der Waals surface area contributed by atoms with Crippen molar-refractivity contribution in [3.05, 3.63) is 17.5 Å². The Morgan fingerprint density at radius 1 is 1.69 bits per heavy atom. The molecule has 1 aromatic rings. The van der Waals surface area contributed by atoms with Crippen LogP contribution in [0.25, 0.3) is 0 Å². The molecule has 0 aliphatic rings. The van der Waals surface area contributed by atoms with Crippen molar-refractivity contribution in [2.75, 3.05) is 0 Å². The molecule has 5 heteroatoms. The molecule has 1 rings (SSSR count). The first kappa shape index (κ1) is 9.44. The first-order chi connectivity index (χ1) is 6.06. The lowest BCUT2D eigenvalue weighted by Gasteiger charge is -1.99. The lowest BCUT2D eigenvalue weighted by Crippen LogP contribution is -2.03. The first-order valence-corrected chi connectivity index (χ1v) is 3.84. The van der Waals surface area contributed by atoms with E-state index in [4.69, 9.17) is 5.11 Å². The van der Waals surface area contributed by atoms with Crippen molar-refractivity contribution in [1.29, 1.82) is 0 Å². The zero-order valence-electron chi connectivity index (χ0n) is 7.39. The van der Waals surface area contributed by atoms with Gasteiger partial charge in [-0.2, -0.15) is 5.10 Å². The number of hydrogen-bond donors (Lipinski definition) is 1. The highest BCUT2D eigenvalue weighted by molar-refractivity contribution is 5.87. The first-order valence-electron chi connectivity index (χ1n) is 3.84. The molecular weight excluding hydrogens is 172 g/mol. The number of nitrogens with zero attached hydrogens (tertiary/aromatic N) is 2. The van der Waals surface area contributed by atoms with Gasteiger partial charge in [-0.15, -0.1) is 0 Å². The highest BCUT2D eigenvalue weighted by atomic mass is 16.4. The van der Waals surface area contributed by atoms with E-state index in [0.717, 1.165) is 4.68 Å². The van der Waals surface area contributed by atoms with Crippen molar-refractivity contribution in [2.45, 2.75) is 19.8 Å². The average molecular weight is 182 g/mol. The second-order valence-electron chi connectivity index (χ2n) is 2.98. The zero-order valence-corrected chi connectivity index (χ0v) is 7.39. The number of carboxylic acids is 1. The van der Waals surface area contributed by atoms with Gasteiger partial charge >= 0.3 is 5.97 Å². The third kappa shape index (κ3) is 1.74. The summed E-state index contributed by atoms with van der Waals surface area (Å²) in [7, 11) is 0. The second kappa shape index (κ2) is 3.38. The standard InChI is InChI=1S/C8H10N2O3/c1-5(2)6-3-10(4-11)9-7(6)8(12)13/h3-5H,1-2H3,(H,12,13). The normalized spacial score (nSPS) is 10.4. The number of hydrogen-bond acceptors (Lipinski definition) is 3. The van der Waals surface area contributed by atoms with E-state index in [1.54, 1.807) is 0 Å². The van der Waals surface area contributed by atoms with Gasteiger partial charge in [0, 0.05) is 11.8 Å². The Balaban J connectivity index is 3.22. The van der Waals surface area contributed by atoms with Crippen LogP contribution < -0.4 is 0 Å². The minimum absolute atomic E-state index is 0.0415. The van der Waals surface area contributed by atoms with Crippen molar-refractivity contribution in [3.63, 3.8) is 0 Å². The van der Waals surface area contributed by atoms with E-state index in [1.807, 2.05) is 13.8 Å². The predicted octanol–water partition coefficient (Wildman–Crippen LogP) is 0.743. The van der Waals surface area contributed by atoms with Crippen LogP contribution in [0.2, 0.25) is 0 Å². The van der Waals surface area contributed by atoms with Crippen LogP contribution in [0.15, 0.2) is 6.20 Å². The van der Waals surface area contributed by atoms with Crippen LogP contribution in [0, 0.1) is 0 Å². The maximum atomic E-state index is 10.7. The van der Waals surface area contributed by atoms with Crippen molar-refractivity contribution in [3.8, 4) is 0 Å². The van der Waals surface area contributed by atoms with Crippen molar-refractivity contribution < 1.29 is 14.7 Å². The van der Waals surface area contributed by atoms with Crippen molar-refractivity contribution in [2.24, 2.45) is 0 Å². The molecule has 0 saturated heterocycles. The zero-order chi connectivity index (χ0) is 10.0. The number of carbonyl (C=O) groups is 2. The molecular formula is C8H10N2O3. The lowest BCUT2D eigenvalue weighted by molar-refractivity contribution is 0.0688. The fourth-order valence-corrected chi connectivity index (χ4v) is 1.05. The molecule has 0 aliphatic carbocycles. The van der Waals surface area contributed by atoms with Gasteiger partial charge in [0.15, 0.2) is 5.69 Å². The van der Waals surface area contributed by atoms with Crippen LogP contribution >= 0.6 is 0 Å². The number of carbonyl (C=O) groups excluding carboxylic acids is 1.